The molecule has 92 valence electrons. The van der Waals surface area contributed by atoms with Gasteiger partial charge in [-0.3, -0.25) is 4.79 Å². The molecule has 0 aromatic heterocycles. The van der Waals surface area contributed by atoms with Gasteiger partial charge in [0, 0.05) is 22.2 Å². The maximum Gasteiger partial charge on any atom is 0.254 e. The second-order valence-electron chi connectivity index (χ2n) is 4.06. The summed E-state index contributed by atoms with van der Waals surface area (Å²) in [6.45, 7) is 3.59. The van der Waals surface area contributed by atoms with Crippen LogP contribution in [0.4, 0.5) is 4.39 Å². The predicted molar refractivity (Wildman–Crippen MR) is 70.4 cm³/mol. The minimum atomic E-state index is -0.349. The lowest BCUT2D eigenvalue weighted by Gasteiger charge is -2.31. The van der Waals surface area contributed by atoms with Crippen molar-refractivity contribution in [2.45, 2.75) is 13.0 Å². The summed E-state index contributed by atoms with van der Waals surface area (Å²) in [5.41, 5.74) is 0.400. The zero-order valence-electron chi connectivity index (χ0n) is 9.45. The standard InChI is InChI=1S/C12H13FINO2/c1-8-7-15(4-5-17-8)12(16)9-2-3-11(14)10(13)6-9/h2-3,6,8H,4-5,7H2,1H3. The van der Waals surface area contributed by atoms with Crippen molar-refractivity contribution in [3.8, 4) is 0 Å². The lowest BCUT2D eigenvalue weighted by molar-refractivity contribution is -0.0124. The first-order valence-electron chi connectivity index (χ1n) is 5.44. The van der Waals surface area contributed by atoms with Crippen LogP contribution in [0.15, 0.2) is 18.2 Å². The lowest BCUT2D eigenvalue weighted by atomic mass is 10.1. The molecule has 1 fully saturated rings. The summed E-state index contributed by atoms with van der Waals surface area (Å²) >= 11 is 1.90. The molecule has 2 rings (SSSR count). The molecule has 1 aliphatic heterocycles. The van der Waals surface area contributed by atoms with Crippen LogP contribution in [-0.4, -0.2) is 36.6 Å². The highest BCUT2D eigenvalue weighted by Gasteiger charge is 2.22. The van der Waals surface area contributed by atoms with E-state index in [1.54, 1.807) is 17.0 Å². The van der Waals surface area contributed by atoms with E-state index in [0.29, 0.717) is 28.8 Å². The fourth-order valence-corrected chi connectivity index (χ4v) is 2.15. The molecule has 5 heteroatoms. The van der Waals surface area contributed by atoms with Crippen molar-refractivity contribution in [2.24, 2.45) is 0 Å². The molecule has 0 spiro atoms. The second kappa shape index (κ2) is 5.30. The Morgan fingerprint density at radius 2 is 2.35 bits per heavy atom. The molecule has 1 unspecified atom stereocenters. The first-order chi connectivity index (χ1) is 8.08. The Bertz CT molecular complexity index is 439. The third kappa shape index (κ3) is 2.95. The molecule has 1 aromatic carbocycles. The van der Waals surface area contributed by atoms with Gasteiger partial charge in [0.2, 0.25) is 0 Å². The van der Waals surface area contributed by atoms with Crippen molar-refractivity contribution in [1.29, 1.82) is 0 Å². The average molecular weight is 349 g/mol. The first kappa shape index (κ1) is 12.8. The van der Waals surface area contributed by atoms with E-state index in [-0.39, 0.29) is 17.8 Å². The van der Waals surface area contributed by atoms with Crippen LogP contribution in [0.25, 0.3) is 0 Å². The van der Waals surface area contributed by atoms with Crippen LogP contribution < -0.4 is 0 Å². The minimum absolute atomic E-state index is 0.0430. The summed E-state index contributed by atoms with van der Waals surface area (Å²) in [5, 5.41) is 0. The Morgan fingerprint density at radius 1 is 1.59 bits per heavy atom. The number of halogens is 2. The van der Waals surface area contributed by atoms with Gasteiger partial charge in [-0.15, -0.1) is 0 Å². The fraction of sp³-hybridized carbons (Fsp3) is 0.417. The van der Waals surface area contributed by atoms with Gasteiger partial charge in [-0.2, -0.15) is 0 Å². The van der Waals surface area contributed by atoms with Crippen molar-refractivity contribution in [2.75, 3.05) is 19.7 Å². The van der Waals surface area contributed by atoms with E-state index in [0.717, 1.165) is 0 Å². The highest BCUT2D eigenvalue weighted by atomic mass is 127. The number of hydrogen-bond acceptors (Lipinski definition) is 2. The fourth-order valence-electron chi connectivity index (χ4n) is 1.81. The SMILES string of the molecule is CC1CN(C(=O)c2ccc(I)c(F)c2)CCO1. The lowest BCUT2D eigenvalue weighted by Crippen LogP contribution is -2.44. The van der Waals surface area contributed by atoms with Gasteiger partial charge in [0.25, 0.3) is 5.91 Å². The van der Waals surface area contributed by atoms with Gasteiger partial charge in [-0.25, -0.2) is 4.39 Å². The molecule has 0 aliphatic carbocycles. The van der Waals surface area contributed by atoms with Gasteiger partial charge >= 0.3 is 0 Å². The summed E-state index contributed by atoms with van der Waals surface area (Å²) in [5.74, 6) is -0.479. The zero-order valence-corrected chi connectivity index (χ0v) is 11.6. The Balaban J connectivity index is 2.15. The number of carbonyl (C=O) groups is 1. The summed E-state index contributed by atoms with van der Waals surface area (Å²) in [6.07, 6.45) is 0.0430. The molecule has 0 radical (unpaired) electrons. The van der Waals surface area contributed by atoms with Crippen molar-refractivity contribution in [3.63, 3.8) is 0 Å². The third-order valence-electron chi connectivity index (χ3n) is 2.69. The molecule has 17 heavy (non-hydrogen) atoms. The number of rotatable bonds is 1. The van der Waals surface area contributed by atoms with E-state index >= 15 is 0 Å². The predicted octanol–water partition coefficient (Wildman–Crippen LogP) is 2.29. The van der Waals surface area contributed by atoms with E-state index in [2.05, 4.69) is 0 Å². The van der Waals surface area contributed by atoms with Gasteiger partial charge in [0.1, 0.15) is 5.82 Å². The van der Waals surface area contributed by atoms with Gasteiger partial charge in [0.15, 0.2) is 0 Å². The Labute approximate surface area is 113 Å². The number of ether oxygens (including phenoxy) is 1. The molecule has 0 N–H and O–H groups in total. The van der Waals surface area contributed by atoms with E-state index in [4.69, 9.17) is 4.74 Å². The highest BCUT2D eigenvalue weighted by Crippen LogP contribution is 2.15. The van der Waals surface area contributed by atoms with Crippen LogP contribution in [-0.2, 0) is 4.74 Å². The quantitative estimate of drug-likeness (QED) is 0.729. The molecule has 1 aromatic rings. The van der Waals surface area contributed by atoms with Crippen LogP contribution in [0.2, 0.25) is 0 Å². The summed E-state index contributed by atoms with van der Waals surface area (Å²) in [4.78, 5) is 13.8. The molecule has 0 bridgehead atoms. The minimum Gasteiger partial charge on any atom is -0.375 e. The molecule has 1 atom stereocenters. The van der Waals surface area contributed by atoms with E-state index in [1.165, 1.54) is 6.07 Å². The number of benzene rings is 1. The van der Waals surface area contributed by atoms with E-state index in [9.17, 15) is 9.18 Å². The average Bonchev–Trinajstić information content (AvgIpc) is 2.32. The number of amides is 1. The second-order valence-corrected chi connectivity index (χ2v) is 5.22. The number of nitrogens with zero attached hydrogens (tertiary/aromatic N) is 1. The smallest absolute Gasteiger partial charge is 0.254 e. The Kier molecular flexibility index (Phi) is 3.98. The molecule has 1 heterocycles. The number of carbonyl (C=O) groups excluding carboxylic acids is 1. The summed E-state index contributed by atoms with van der Waals surface area (Å²) in [6, 6.07) is 4.57. The Hall–Kier alpha value is -0.690. The van der Waals surface area contributed by atoms with Gasteiger partial charge in [0.05, 0.1) is 12.7 Å². The molecular formula is C12H13FINO2. The van der Waals surface area contributed by atoms with Gasteiger partial charge < -0.3 is 9.64 Å². The summed E-state index contributed by atoms with van der Waals surface area (Å²) in [7, 11) is 0. The van der Waals surface area contributed by atoms with Gasteiger partial charge in [-0.05, 0) is 47.7 Å². The summed E-state index contributed by atoms with van der Waals surface area (Å²) < 4.78 is 19.3. The maximum absolute atomic E-state index is 13.4. The molecule has 1 amide bonds. The molecule has 1 aliphatic rings. The number of hydrogen-bond donors (Lipinski definition) is 0. The van der Waals surface area contributed by atoms with Crippen molar-refractivity contribution < 1.29 is 13.9 Å². The van der Waals surface area contributed by atoms with E-state index in [1.807, 2.05) is 29.5 Å². The third-order valence-corrected chi connectivity index (χ3v) is 3.57. The van der Waals surface area contributed by atoms with Crippen LogP contribution in [0, 0.1) is 9.39 Å². The van der Waals surface area contributed by atoms with Crippen molar-refractivity contribution in [3.05, 3.63) is 33.1 Å². The zero-order chi connectivity index (χ0) is 12.4. The van der Waals surface area contributed by atoms with Gasteiger partial charge in [-0.1, -0.05) is 0 Å². The molecule has 1 saturated heterocycles. The topological polar surface area (TPSA) is 29.5 Å². The van der Waals surface area contributed by atoms with Crippen molar-refractivity contribution in [1.82, 2.24) is 4.90 Å². The first-order valence-corrected chi connectivity index (χ1v) is 6.51. The normalized spacial score (nSPS) is 20.4. The molecule has 0 saturated carbocycles. The van der Waals surface area contributed by atoms with Crippen LogP contribution >= 0.6 is 22.6 Å². The number of morpholine rings is 1. The highest BCUT2D eigenvalue weighted by molar-refractivity contribution is 14.1. The molecular weight excluding hydrogens is 336 g/mol. The molecule has 3 nitrogen and oxygen atoms in total. The monoisotopic (exact) mass is 349 g/mol. The Morgan fingerprint density at radius 3 is 3.00 bits per heavy atom. The maximum atomic E-state index is 13.4. The van der Waals surface area contributed by atoms with Crippen LogP contribution in [0.1, 0.15) is 17.3 Å². The van der Waals surface area contributed by atoms with Crippen LogP contribution in [0.5, 0.6) is 0 Å². The van der Waals surface area contributed by atoms with Crippen molar-refractivity contribution >= 4 is 28.5 Å². The van der Waals surface area contributed by atoms with E-state index < -0.39 is 0 Å². The largest absolute Gasteiger partial charge is 0.375 e. The van der Waals surface area contributed by atoms with Crippen LogP contribution in [0.3, 0.4) is 0 Å².